The first-order chi connectivity index (χ1) is 11.0. The summed E-state index contributed by atoms with van der Waals surface area (Å²) in [6, 6.07) is 5.40. The Balaban J connectivity index is 2.10. The SMILES string of the molecule is COc1cccc(OC)c1CC(=O)N1CCC(C(=O)O)C(C)C1. The van der Waals surface area contributed by atoms with Crippen molar-refractivity contribution in [3.05, 3.63) is 23.8 Å². The molecule has 1 aliphatic heterocycles. The van der Waals surface area contributed by atoms with Gasteiger partial charge in [0.2, 0.25) is 5.91 Å². The van der Waals surface area contributed by atoms with Crippen LogP contribution in [0.1, 0.15) is 18.9 Å². The van der Waals surface area contributed by atoms with E-state index in [2.05, 4.69) is 0 Å². The van der Waals surface area contributed by atoms with E-state index in [4.69, 9.17) is 14.6 Å². The van der Waals surface area contributed by atoms with E-state index < -0.39 is 5.97 Å². The zero-order valence-electron chi connectivity index (χ0n) is 13.7. The Morgan fingerprint density at radius 2 is 1.87 bits per heavy atom. The second-order valence-corrected chi connectivity index (χ2v) is 5.87. The van der Waals surface area contributed by atoms with E-state index in [1.54, 1.807) is 31.3 Å². The molecule has 1 amide bonds. The summed E-state index contributed by atoms with van der Waals surface area (Å²) in [5.74, 6) is -0.0126. The van der Waals surface area contributed by atoms with Gasteiger partial charge in [-0.3, -0.25) is 9.59 Å². The number of methoxy groups -OCH3 is 2. The molecule has 0 saturated carbocycles. The molecule has 1 aromatic rings. The summed E-state index contributed by atoms with van der Waals surface area (Å²) in [4.78, 5) is 25.5. The Bertz CT molecular complexity index is 564. The van der Waals surface area contributed by atoms with E-state index in [9.17, 15) is 9.59 Å². The van der Waals surface area contributed by atoms with Gasteiger partial charge in [0, 0.05) is 18.7 Å². The van der Waals surface area contributed by atoms with Crippen molar-refractivity contribution in [3.63, 3.8) is 0 Å². The fourth-order valence-electron chi connectivity index (χ4n) is 3.10. The maximum Gasteiger partial charge on any atom is 0.306 e. The fourth-order valence-corrected chi connectivity index (χ4v) is 3.10. The molecule has 1 fully saturated rings. The minimum absolute atomic E-state index is 0.0384. The van der Waals surface area contributed by atoms with Gasteiger partial charge in [0.1, 0.15) is 11.5 Å². The summed E-state index contributed by atoms with van der Waals surface area (Å²) in [5.41, 5.74) is 0.718. The number of carbonyl (C=O) groups excluding carboxylic acids is 1. The van der Waals surface area contributed by atoms with Gasteiger partial charge in [-0.05, 0) is 24.5 Å². The van der Waals surface area contributed by atoms with E-state index in [0.717, 1.165) is 5.56 Å². The number of carboxylic acids is 1. The van der Waals surface area contributed by atoms with E-state index in [1.165, 1.54) is 0 Å². The third-order valence-corrected chi connectivity index (χ3v) is 4.43. The van der Waals surface area contributed by atoms with E-state index in [-0.39, 0.29) is 24.2 Å². The van der Waals surface area contributed by atoms with Crippen molar-refractivity contribution in [2.24, 2.45) is 11.8 Å². The van der Waals surface area contributed by atoms with E-state index in [0.29, 0.717) is 31.0 Å². The smallest absolute Gasteiger partial charge is 0.306 e. The van der Waals surface area contributed by atoms with Crippen molar-refractivity contribution in [1.29, 1.82) is 0 Å². The van der Waals surface area contributed by atoms with Crippen LogP contribution >= 0.6 is 0 Å². The lowest BCUT2D eigenvalue weighted by atomic mass is 9.87. The summed E-state index contributed by atoms with van der Waals surface area (Å²) in [7, 11) is 3.12. The standard InChI is InChI=1S/C17H23NO5/c1-11-10-18(8-7-12(11)17(20)21)16(19)9-13-14(22-2)5-4-6-15(13)23-3/h4-6,11-12H,7-10H2,1-3H3,(H,20,21). The first-order valence-corrected chi connectivity index (χ1v) is 7.68. The molecule has 2 unspecified atom stereocenters. The predicted molar refractivity (Wildman–Crippen MR) is 84.7 cm³/mol. The predicted octanol–water partition coefficient (Wildman–Crippen LogP) is 1.82. The third kappa shape index (κ3) is 3.75. The van der Waals surface area contributed by atoms with Crippen LogP contribution in [-0.4, -0.2) is 49.2 Å². The maximum atomic E-state index is 12.6. The van der Waals surface area contributed by atoms with Gasteiger partial charge in [0.05, 0.1) is 26.6 Å². The molecule has 6 heteroatoms. The number of nitrogens with zero attached hydrogens (tertiary/aromatic N) is 1. The largest absolute Gasteiger partial charge is 0.496 e. The molecule has 1 heterocycles. The van der Waals surface area contributed by atoms with Crippen molar-refractivity contribution < 1.29 is 24.2 Å². The number of piperidine rings is 1. The van der Waals surface area contributed by atoms with E-state index >= 15 is 0 Å². The first kappa shape index (κ1) is 17.1. The topological polar surface area (TPSA) is 76.1 Å². The van der Waals surface area contributed by atoms with Crippen LogP contribution in [0, 0.1) is 11.8 Å². The normalized spacial score (nSPS) is 20.9. The average molecular weight is 321 g/mol. The zero-order chi connectivity index (χ0) is 17.0. The minimum Gasteiger partial charge on any atom is -0.496 e. The highest BCUT2D eigenvalue weighted by atomic mass is 16.5. The Labute approximate surface area is 136 Å². The molecule has 1 saturated heterocycles. The quantitative estimate of drug-likeness (QED) is 0.895. The van der Waals surface area contributed by atoms with Gasteiger partial charge in [-0.1, -0.05) is 13.0 Å². The molecule has 0 bridgehead atoms. The summed E-state index contributed by atoms with van der Waals surface area (Å²) in [6.07, 6.45) is 0.670. The third-order valence-electron chi connectivity index (χ3n) is 4.43. The number of carboxylic acid groups (broad SMARTS) is 1. The second kappa shape index (κ2) is 7.35. The van der Waals surface area contributed by atoms with Crippen LogP contribution in [0.25, 0.3) is 0 Å². The second-order valence-electron chi connectivity index (χ2n) is 5.87. The molecule has 1 aliphatic rings. The van der Waals surface area contributed by atoms with Gasteiger partial charge in [-0.2, -0.15) is 0 Å². The molecule has 2 atom stereocenters. The van der Waals surface area contributed by atoms with Crippen LogP contribution in [0.5, 0.6) is 11.5 Å². The van der Waals surface area contributed by atoms with Crippen molar-refractivity contribution >= 4 is 11.9 Å². The van der Waals surface area contributed by atoms with Crippen LogP contribution in [0.2, 0.25) is 0 Å². The first-order valence-electron chi connectivity index (χ1n) is 7.68. The van der Waals surface area contributed by atoms with Gasteiger partial charge in [0.15, 0.2) is 0 Å². The zero-order valence-corrected chi connectivity index (χ0v) is 13.7. The van der Waals surface area contributed by atoms with Gasteiger partial charge in [-0.15, -0.1) is 0 Å². The number of ether oxygens (including phenoxy) is 2. The number of likely N-dealkylation sites (tertiary alicyclic amines) is 1. The maximum absolute atomic E-state index is 12.6. The van der Waals surface area contributed by atoms with Crippen molar-refractivity contribution in [2.45, 2.75) is 19.8 Å². The number of carbonyl (C=O) groups is 2. The number of hydrogen-bond acceptors (Lipinski definition) is 4. The Hall–Kier alpha value is -2.24. The van der Waals surface area contributed by atoms with Crippen LogP contribution < -0.4 is 9.47 Å². The summed E-state index contributed by atoms with van der Waals surface area (Å²) < 4.78 is 10.6. The lowest BCUT2D eigenvalue weighted by molar-refractivity contribution is -0.148. The molecule has 1 N–H and O–H groups in total. The van der Waals surface area contributed by atoms with Gasteiger partial charge in [0.25, 0.3) is 0 Å². The van der Waals surface area contributed by atoms with Crippen LogP contribution in [0.3, 0.4) is 0 Å². The Kier molecular flexibility index (Phi) is 5.47. The monoisotopic (exact) mass is 321 g/mol. The highest BCUT2D eigenvalue weighted by Crippen LogP contribution is 2.30. The van der Waals surface area contributed by atoms with Crippen molar-refractivity contribution in [1.82, 2.24) is 4.90 Å². The lowest BCUT2D eigenvalue weighted by Gasteiger charge is -2.35. The highest BCUT2D eigenvalue weighted by Gasteiger charge is 2.33. The summed E-state index contributed by atoms with van der Waals surface area (Å²) >= 11 is 0. The molecule has 0 aromatic heterocycles. The minimum atomic E-state index is -0.781. The number of aliphatic carboxylic acids is 1. The molecule has 0 radical (unpaired) electrons. The molecule has 126 valence electrons. The van der Waals surface area contributed by atoms with Gasteiger partial charge >= 0.3 is 5.97 Å². The van der Waals surface area contributed by atoms with Crippen LogP contribution in [0.15, 0.2) is 18.2 Å². The summed E-state index contributed by atoms with van der Waals surface area (Å²) in [6.45, 7) is 2.81. The molecule has 2 rings (SSSR count). The molecule has 6 nitrogen and oxygen atoms in total. The highest BCUT2D eigenvalue weighted by molar-refractivity contribution is 5.81. The van der Waals surface area contributed by atoms with Crippen molar-refractivity contribution in [2.75, 3.05) is 27.3 Å². The van der Waals surface area contributed by atoms with E-state index in [1.807, 2.05) is 13.0 Å². The average Bonchev–Trinajstić information content (AvgIpc) is 2.54. The van der Waals surface area contributed by atoms with Crippen LogP contribution in [-0.2, 0) is 16.0 Å². The number of rotatable bonds is 5. The number of benzene rings is 1. The van der Waals surface area contributed by atoms with Gasteiger partial charge < -0.3 is 19.5 Å². The molecule has 0 aliphatic carbocycles. The van der Waals surface area contributed by atoms with Crippen LogP contribution in [0.4, 0.5) is 0 Å². The molecule has 1 aromatic carbocycles. The molecule has 23 heavy (non-hydrogen) atoms. The number of hydrogen-bond donors (Lipinski definition) is 1. The molecular formula is C17H23NO5. The van der Waals surface area contributed by atoms with Crippen molar-refractivity contribution in [3.8, 4) is 11.5 Å². The lowest BCUT2D eigenvalue weighted by Crippen LogP contribution is -2.45. The number of amides is 1. The fraction of sp³-hybridized carbons (Fsp3) is 0.529. The Morgan fingerprint density at radius 1 is 1.26 bits per heavy atom. The van der Waals surface area contributed by atoms with Gasteiger partial charge in [-0.25, -0.2) is 0 Å². The molecule has 0 spiro atoms. The Morgan fingerprint density at radius 3 is 2.35 bits per heavy atom. The summed E-state index contributed by atoms with van der Waals surface area (Å²) in [5, 5.41) is 9.17. The molecular weight excluding hydrogens is 298 g/mol.